The van der Waals surface area contributed by atoms with Crippen LogP contribution in [0.4, 0.5) is 10.6 Å². The van der Waals surface area contributed by atoms with Crippen molar-refractivity contribution in [1.29, 1.82) is 0 Å². The number of aromatic nitrogens is 4. The second kappa shape index (κ2) is 17.5. The fourth-order valence-electron chi connectivity index (χ4n) is 7.12. The summed E-state index contributed by atoms with van der Waals surface area (Å²) in [5.41, 5.74) is 2.72. The van der Waals surface area contributed by atoms with Gasteiger partial charge in [-0.2, -0.15) is 0 Å². The van der Waals surface area contributed by atoms with Gasteiger partial charge in [-0.15, -0.1) is 0 Å². The van der Waals surface area contributed by atoms with Crippen molar-refractivity contribution in [2.24, 2.45) is 0 Å². The summed E-state index contributed by atoms with van der Waals surface area (Å²) in [5.74, 6) is -0.858. The van der Waals surface area contributed by atoms with E-state index in [1.165, 1.54) is 16.9 Å². The molecule has 1 saturated carbocycles. The maximum atomic E-state index is 13.6. The van der Waals surface area contributed by atoms with Crippen molar-refractivity contribution in [3.8, 4) is 0 Å². The van der Waals surface area contributed by atoms with Crippen molar-refractivity contribution < 1.29 is 33.0 Å². The lowest BCUT2D eigenvalue weighted by molar-refractivity contribution is -0.122. The minimum absolute atomic E-state index is 0.0542. The van der Waals surface area contributed by atoms with Crippen molar-refractivity contribution in [2.75, 3.05) is 44.3 Å². The van der Waals surface area contributed by atoms with Crippen molar-refractivity contribution in [3.63, 3.8) is 0 Å². The lowest BCUT2D eigenvalue weighted by Gasteiger charge is -2.30. The van der Waals surface area contributed by atoms with Gasteiger partial charge >= 0.3 is 6.03 Å². The molecule has 18 heteroatoms. The normalized spacial score (nSPS) is 20.7. The summed E-state index contributed by atoms with van der Waals surface area (Å²) in [6.07, 6.45) is 1.56. The smallest absolute Gasteiger partial charge is 0.315 e. The zero-order valence-corrected chi connectivity index (χ0v) is 31.6. The Morgan fingerprint density at radius 2 is 1.53 bits per heavy atom. The summed E-state index contributed by atoms with van der Waals surface area (Å²) in [5, 5.41) is 36.4. The van der Waals surface area contributed by atoms with Gasteiger partial charge in [0.15, 0.2) is 11.5 Å². The lowest BCUT2D eigenvalue weighted by atomic mass is 9.91. The topological polar surface area (TPSA) is 233 Å². The SMILES string of the molecule is CCC(=O)N[C@H]1CC(n2cnc3c(NCC(c4ccccc4)c4ccccc4)nc(C(=O)NCCNC(=O)NC4CCN(S(C)(=O)=O)CC4)nc32)[C@H](O)[C@@H]1O. The minimum Gasteiger partial charge on any atom is -0.388 e. The van der Waals surface area contributed by atoms with Gasteiger partial charge in [0.2, 0.25) is 21.8 Å². The Morgan fingerprint density at radius 3 is 2.15 bits per heavy atom. The van der Waals surface area contributed by atoms with E-state index < -0.39 is 46.3 Å². The van der Waals surface area contributed by atoms with Gasteiger partial charge in [0.25, 0.3) is 5.91 Å². The molecule has 6 rings (SSSR count). The second-order valence-electron chi connectivity index (χ2n) is 13.9. The maximum Gasteiger partial charge on any atom is 0.315 e. The number of benzene rings is 2. The number of piperidine rings is 1. The maximum absolute atomic E-state index is 13.6. The first-order chi connectivity index (χ1) is 26.4. The van der Waals surface area contributed by atoms with E-state index in [-0.39, 0.29) is 61.1 Å². The van der Waals surface area contributed by atoms with Crippen LogP contribution in [0, 0.1) is 0 Å². The summed E-state index contributed by atoms with van der Waals surface area (Å²) < 4.78 is 26.6. The number of hydrogen-bond donors (Lipinski definition) is 7. The fourth-order valence-corrected chi connectivity index (χ4v) is 7.99. The summed E-state index contributed by atoms with van der Waals surface area (Å²) in [4.78, 5) is 52.0. The Balaban J connectivity index is 1.19. The van der Waals surface area contributed by atoms with E-state index in [4.69, 9.17) is 0 Å². The zero-order chi connectivity index (χ0) is 39.1. The first-order valence-corrected chi connectivity index (χ1v) is 20.3. The van der Waals surface area contributed by atoms with E-state index in [0.29, 0.717) is 38.0 Å². The van der Waals surface area contributed by atoms with Gasteiger partial charge in [0.05, 0.1) is 24.7 Å². The molecule has 4 amide bonds. The molecule has 17 nitrogen and oxygen atoms in total. The number of nitrogens with zero attached hydrogens (tertiary/aromatic N) is 5. The molecule has 1 aliphatic heterocycles. The minimum atomic E-state index is -3.28. The molecule has 2 aliphatic rings. The monoisotopic (exact) mass is 776 g/mol. The number of amides is 4. The van der Waals surface area contributed by atoms with Crippen LogP contribution in [0.15, 0.2) is 67.0 Å². The van der Waals surface area contributed by atoms with Crippen molar-refractivity contribution in [2.45, 2.75) is 68.9 Å². The highest BCUT2D eigenvalue weighted by atomic mass is 32.2. The van der Waals surface area contributed by atoms with Crippen molar-refractivity contribution >= 4 is 44.9 Å². The Hall–Kier alpha value is -5.17. The van der Waals surface area contributed by atoms with Gasteiger partial charge in [-0.25, -0.2) is 32.5 Å². The number of rotatable bonds is 14. The Bertz CT molecular complexity index is 2020. The summed E-state index contributed by atoms with van der Waals surface area (Å²) >= 11 is 0. The molecule has 3 heterocycles. The van der Waals surface area contributed by atoms with Crippen LogP contribution in [0.2, 0.25) is 0 Å². The predicted molar refractivity (Wildman–Crippen MR) is 205 cm³/mol. The summed E-state index contributed by atoms with van der Waals surface area (Å²) in [7, 11) is -3.28. The second-order valence-corrected chi connectivity index (χ2v) is 15.9. The van der Waals surface area contributed by atoms with Gasteiger partial charge in [0.1, 0.15) is 17.7 Å². The highest BCUT2D eigenvalue weighted by molar-refractivity contribution is 7.88. The van der Waals surface area contributed by atoms with Crippen LogP contribution in [-0.4, -0.2) is 124 Å². The quantitative estimate of drug-likeness (QED) is 0.0896. The van der Waals surface area contributed by atoms with Crippen LogP contribution in [0.25, 0.3) is 11.2 Å². The van der Waals surface area contributed by atoms with Gasteiger partial charge < -0.3 is 41.4 Å². The molecule has 2 fully saturated rings. The molecule has 1 aliphatic carbocycles. The fraction of sp³-hybridized carbons (Fsp3) is 0.459. The Labute approximate surface area is 319 Å². The average Bonchev–Trinajstić information content (AvgIpc) is 3.73. The molecule has 1 unspecified atom stereocenters. The highest BCUT2D eigenvalue weighted by Crippen LogP contribution is 2.34. The highest BCUT2D eigenvalue weighted by Gasteiger charge is 2.44. The first kappa shape index (κ1) is 39.5. The number of anilines is 1. The molecule has 1 saturated heterocycles. The predicted octanol–water partition coefficient (Wildman–Crippen LogP) is 1.08. The molecule has 55 heavy (non-hydrogen) atoms. The van der Waals surface area contributed by atoms with Gasteiger partial charge in [0, 0.05) is 51.1 Å². The number of imidazole rings is 1. The van der Waals surface area contributed by atoms with E-state index in [0.717, 1.165) is 11.1 Å². The summed E-state index contributed by atoms with van der Waals surface area (Å²) in [6.45, 7) is 2.89. The third-order valence-electron chi connectivity index (χ3n) is 10.1. The Kier molecular flexibility index (Phi) is 12.6. The van der Waals surface area contributed by atoms with Crippen LogP contribution in [0.1, 0.15) is 66.3 Å². The zero-order valence-electron chi connectivity index (χ0n) is 30.8. The third-order valence-corrected chi connectivity index (χ3v) is 11.4. The van der Waals surface area contributed by atoms with Crippen molar-refractivity contribution in [1.82, 2.24) is 45.1 Å². The number of aliphatic hydroxyl groups excluding tert-OH is 2. The molecule has 4 atom stereocenters. The molecule has 0 radical (unpaired) electrons. The molecule has 0 spiro atoms. The van der Waals surface area contributed by atoms with Crippen molar-refractivity contribution in [3.05, 3.63) is 83.9 Å². The van der Waals surface area contributed by atoms with E-state index in [2.05, 4.69) is 41.5 Å². The molecule has 4 aromatic rings. The molecule has 0 bridgehead atoms. The number of nitrogens with one attached hydrogen (secondary N) is 5. The van der Waals surface area contributed by atoms with E-state index >= 15 is 0 Å². The number of carbonyl (C=O) groups excluding carboxylic acids is 3. The average molecular weight is 777 g/mol. The van der Waals surface area contributed by atoms with E-state index in [9.17, 15) is 33.0 Å². The van der Waals surface area contributed by atoms with Crippen LogP contribution < -0.4 is 26.6 Å². The van der Waals surface area contributed by atoms with Crippen LogP contribution in [-0.2, 0) is 14.8 Å². The lowest BCUT2D eigenvalue weighted by Crippen LogP contribution is -2.49. The summed E-state index contributed by atoms with van der Waals surface area (Å²) in [6, 6.07) is 17.9. The number of aliphatic hydroxyl groups is 2. The molecule has 2 aromatic carbocycles. The molecular weight excluding hydrogens is 729 g/mol. The van der Waals surface area contributed by atoms with E-state index in [1.807, 2.05) is 60.7 Å². The Morgan fingerprint density at radius 1 is 0.891 bits per heavy atom. The van der Waals surface area contributed by atoms with Gasteiger partial charge in [-0.3, -0.25) is 9.59 Å². The van der Waals surface area contributed by atoms with Gasteiger partial charge in [-0.1, -0.05) is 67.6 Å². The standard InChI is InChI=1S/C37H48N10O7S/c1-3-29(48)43-27-20-28(32(50)31(27)49)47-22-41-30-33(40-21-26(23-10-6-4-7-11-23)24-12-8-5-9-13-24)44-34(45-35(30)47)36(51)38-16-17-39-37(52)42-25-14-18-46(19-15-25)55(2,53)54/h4-13,22,25-28,31-32,49-50H,3,14-21H2,1-2H3,(H,38,51)(H,43,48)(H2,39,42,52)(H,40,44,45)/t27-,28?,31+,32-/m0/s1. The van der Waals surface area contributed by atoms with Gasteiger partial charge in [-0.05, 0) is 30.4 Å². The van der Waals surface area contributed by atoms with Crippen LogP contribution >= 0.6 is 0 Å². The number of fused-ring (bicyclic) bond motifs is 1. The molecular formula is C37H48N10O7S. The number of sulfonamides is 1. The first-order valence-electron chi connectivity index (χ1n) is 18.4. The van der Waals surface area contributed by atoms with Crippen LogP contribution in [0.3, 0.4) is 0 Å². The number of hydrogen-bond acceptors (Lipinski definition) is 11. The number of urea groups is 1. The largest absolute Gasteiger partial charge is 0.388 e. The molecule has 2 aromatic heterocycles. The van der Waals surface area contributed by atoms with Crippen LogP contribution in [0.5, 0.6) is 0 Å². The molecule has 294 valence electrons. The molecule has 7 N–H and O–H groups in total. The third kappa shape index (κ3) is 9.56. The number of carbonyl (C=O) groups is 3. The van der Waals surface area contributed by atoms with E-state index in [1.54, 1.807) is 11.5 Å².